The number of carbonyl (C=O) groups is 2. The van der Waals surface area contributed by atoms with E-state index >= 15 is 0 Å². The molecule has 1 N–H and O–H groups in total. The van der Waals surface area contributed by atoms with E-state index in [1.165, 1.54) is 4.31 Å². The summed E-state index contributed by atoms with van der Waals surface area (Å²) in [5.74, 6) is -0.582. The quantitative estimate of drug-likeness (QED) is 0.452. The number of benzene rings is 3. The standard InChI is InChI=1S/C33H35N3O4S/c37-32(34-22-24-18-19-24)29-23-35(33(38)31(26-11-3-1-4-12-26)27-13-5-2-6-14-27)20-21-36(29)41(39,40)30-17-9-15-25-10-7-8-16-28(25)30/h1-8,10-16,24,29,31H,9,17-23H2,(H,34,37). The summed E-state index contributed by atoms with van der Waals surface area (Å²) >= 11 is 0. The Bertz CT molecular complexity index is 1610. The minimum Gasteiger partial charge on any atom is -0.354 e. The second-order valence-electron chi connectivity index (χ2n) is 11.1. The molecule has 7 nitrogen and oxygen atoms in total. The third-order valence-electron chi connectivity index (χ3n) is 8.34. The highest BCUT2D eigenvalue weighted by Crippen LogP contribution is 2.31. The zero-order valence-electron chi connectivity index (χ0n) is 23.0. The molecule has 1 atom stereocenters. The fourth-order valence-corrected chi connectivity index (χ4v) is 7.88. The molecule has 1 unspecified atom stereocenters. The van der Waals surface area contributed by atoms with Crippen LogP contribution in [0.2, 0.25) is 0 Å². The van der Waals surface area contributed by atoms with E-state index in [1.807, 2.05) is 84.9 Å². The van der Waals surface area contributed by atoms with Crippen molar-refractivity contribution in [2.24, 2.45) is 5.92 Å². The van der Waals surface area contributed by atoms with E-state index in [2.05, 4.69) is 11.4 Å². The lowest BCUT2D eigenvalue weighted by atomic mass is 9.89. The predicted molar refractivity (Wildman–Crippen MR) is 159 cm³/mol. The van der Waals surface area contributed by atoms with Crippen molar-refractivity contribution in [1.82, 2.24) is 14.5 Å². The van der Waals surface area contributed by atoms with Crippen LogP contribution in [0.25, 0.3) is 11.0 Å². The molecule has 0 radical (unpaired) electrons. The second kappa shape index (κ2) is 11.6. The molecule has 3 aliphatic rings. The van der Waals surface area contributed by atoms with Gasteiger partial charge in [0, 0.05) is 26.2 Å². The molecule has 2 amide bonds. The number of piperazine rings is 1. The Kier molecular flexibility index (Phi) is 7.77. The molecule has 0 spiro atoms. The Balaban J connectivity index is 1.34. The minimum atomic E-state index is -3.96. The smallest absolute Gasteiger partial charge is 0.240 e. The first-order chi connectivity index (χ1) is 19.9. The van der Waals surface area contributed by atoms with Crippen molar-refractivity contribution >= 4 is 32.8 Å². The van der Waals surface area contributed by atoms with Crippen molar-refractivity contribution in [3.8, 4) is 0 Å². The molecule has 41 heavy (non-hydrogen) atoms. The third-order valence-corrected chi connectivity index (χ3v) is 10.4. The lowest BCUT2D eigenvalue weighted by Gasteiger charge is -2.41. The summed E-state index contributed by atoms with van der Waals surface area (Å²) in [6.07, 6.45) is 5.20. The van der Waals surface area contributed by atoms with Gasteiger partial charge in [0.25, 0.3) is 0 Å². The Morgan fingerprint density at radius 3 is 2.15 bits per heavy atom. The van der Waals surface area contributed by atoms with Gasteiger partial charge in [0.2, 0.25) is 21.8 Å². The molecule has 2 fully saturated rings. The molecule has 0 bridgehead atoms. The van der Waals surface area contributed by atoms with Crippen LogP contribution in [0.5, 0.6) is 0 Å². The van der Waals surface area contributed by atoms with E-state index < -0.39 is 22.0 Å². The zero-order chi connectivity index (χ0) is 28.4. The summed E-state index contributed by atoms with van der Waals surface area (Å²) in [5.41, 5.74) is 1.72. The van der Waals surface area contributed by atoms with Gasteiger partial charge in [-0.1, -0.05) is 91.0 Å². The van der Waals surface area contributed by atoms with Gasteiger partial charge >= 0.3 is 0 Å². The average molecular weight is 570 g/mol. The first kappa shape index (κ1) is 27.4. The highest BCUT2D eigenvalue weighted by molar-refractivity contribution is 7.98. The normalized spacial score (nSPS) is 19.4. The Labute approximate surface area is 241 Å². The number of hydrogen-bond acceptors (Lipinski definition) is 4. The van der Waals surface area contributed by atoms with Crippen LogP contribution in [0.3, 0.4) is 0 Å². The van der Waals surface area contributed by atoms with E-state index in [0.29, 0.717) is 35.4 Å². The summed E-state index contributed by atoms with van der Waals surface area (Å²) < 4.78 is 29.8. The summed E-state index contributed by atoms with van der Waals surface area (Å²) in [4.78, 5) is 29.8. The number of nitrogens with zero attached hydrogens (tertiary/aromatic N) is 2. The van der Waals surface area contributed by atoms with Crippen LogP contribution in [0.1, 0.15) is 42.7 Å². The molecule has 3 aromatic rings. The summed E-state index contributed by atoms with van der Waals surface area (Å²) in [6, 6.07) is 25.7. The van der Waals surface area contributed by atoms with E-state index in [1.54, 1.807) is 4.90 Å². The molecule has 2 aliphatic carbocycles. The van der Waals surface area contributed by atoms with Crippen LogP contribution >= 0.6 is 0 Å². The Morgan fingerprint density at radius 1 is 0.854 bits per heavy atom. The SMILES string of the molecule is O=C(NCC1CC1)C1CN(C(=O)C(c2ccccc2)c2ccccc2)CCN1S(=O)(=O)C1=c2ccccc2=CCC1. The molecule has 8 heteroatoms. The maximum absolute atomic E-state index is 14.2. The van der Waals surface area contributed by atoms with Crippen molar-refractivity contribution in [3.63, 3.8) is 0 Å². The van der Waals surface area contributed by atoms with Gasteiger partial charge < -0.3 is 10.2 Å². The molecule has 212 valence electrons. The van der Waals surface area contributed by atoms with Gasteiger partial charge in [-0.25, -0.2) is 8.42 Å². The van der Waals surface area contributed by atoms with Gasteiger partial charge in [0.05, 0.1) is 10.8 Å². The number of sulfonamides is 1. The van der Waals surface area contributed by atoms with Crippen LogP contribution in [-0.2, 0) is 19.6 Å². The summed E-state index contributed by atoms with van der Waals surface area (Å²) in [5, 5.41) is 4.59. The molecule has 0 aromatic heterocycles. The van der Waals surface area contributed by atoms with Crippen LogP contribution in [-0.4, -0.2) is 61.7 Å². The van der Waals surface area contributed by atoms with Gasteiger partial charge in [0.15, 0.2) is 0 Å². The molecular formula is C33H35N3O4S. The van der Waals surface area contributed by atoms with Crippen LogP contribution in [0, 0.1) is 5.92 Å². The Morgan fingerprint density at radius 2 is 1.49 bits per heavy atom. The third kappa shape index (κ3) is 5.72. The number of fused-ring (bicyclic) bond motifs is 1. The van der Waals surface area contributed by atoms with Gasteiger partial charge in [-0.2, -0.15) is 4.31 Å². The van der Waals surface area contributed by atoms with Crippen LogP contribution in [0.4, 0.5) is 0 Å². The molecule has 1 aliphatic heterocycles. The maximum atomic E-state index is 14.2. The second-order valence-corrected chi connectivity index (χ2v) is 13.0. The molecule has 1 heterocycles. The van der Waals surface area contributed by atoms with E-state index in [0.717, 1.165) is 29.2 Å². The molecule has 1 saturated heterocycles. The number of carbonyl (C=O) groups excluding carboxylic acids is 2. The fourth-order valence-electron chi connectivity index (χ4n) is 5.94. The van der Waals surface area contributed by atoms with Gasteiger partial charge in [0.1, 0.15) is 6.04 Å². The minimum absolute atomic E-state index is 0.00574. The molecular weight excluding hydrogens is 534 g/mol. The number of rotatable bonds is 8. The first-order valence-corrected chi connectivity index (χ1v) is 15.8. The highest BCUT2D eigenvalue weighted by atomic mass is 32.2. The number of amides is 2. The van der Waals surface area contributed by atoms with E-state index in [-0.39, 0.29) is 31.4 Å². The van der Waals surface area contributed by atoms with Crippen LogP contribution in [0.15, 0.2) is 84.9 Å². The van der Waals surface area contributed by atoms with Crippen molar-refractivity contribution in [2.75, 3.05) is 26.2 Å². The molecule has 3 aromatic carbocycles. The van der Waals surface area contributed by atoms with Crippen molar-refractivity contribution in [2.45, 2.75) is 37.6 Å². The first-order valence-electron chi connectivity index (χ1n) is 14.4. The van der Waals surface area contributed by atoms with Crippen molar-refractivity contribution in [3.05, 3.63) is 106 Å². The van der Waals surface area contributed by atoms with Crippen LogP contribution < -0.4 is 15.8 Å². The Hall–Kier alpha value is -3.75. The van der Waals surface area contributed by atoms with Crippen molar-refractivity contribution in [1.29, 1.82) is 0 Å². The summed E-state index contributed by atoms with van der Waals surface area (Å²) in [6.45, 7) is 0.803. The summed E-state index contributed by atoms with van der Waals surface area (Å²) in [7, 11) is -3.96. The topological polar surface area (TPSA) is 86.8 Å². The van der Waals surface area contributed by atoms with Gasteiger partial charge in [-0.15, -0.1) is 0 Å². The van der Waals surface area contributed by atoms with E-state index in [9.17, 15) is 18.0 Å². The van der Waals surface area contributed by atoms with Gasteiger partial charge in [-0.05, 0) is 53.2 Å². The lowest BCUT2D eigenvalue weighted by molar-refractivity contribution is -0.136. The molecule has 6 rings (SSSR count). The maximum Gasteiger partial charge on any atom is 0.240 e. The van der Waals surface area contributed by atoms with Crippen molar-refractivity contribution < 1.29 is 18.0 Å². The average Bonchev–Trinajstić information content (AvgIpc) is 3.85. The van der Waals surface area contributed by atoms with Gasteiger partial charge in [-0.3, -0.25) is 9.59 Å². The highest BCUT2D eigenvalue weighted by Gasteiger charge is 2.43. The fraction of sp³-hybridized carbons (Fsp3) is 0.333. The monoisotopic (exact) mass is 569 g/mol. The number of nitrogens with one attached hydrogen (secondary N) is 1. The zero-order valence-corrected chi connectivity index (χ0v) is 23.8. The lowest BCUT2D eigenvalue weighted by Crippen LogP contribution is -2.62. The predicted octanol–water partition coefficient (Wildman–Crippen LogP) is 2.57. The molecule has 1 saturated carbocycles. The largest absolute Gasteiger partial charge is 0.354 e. The van der Waals surface area contributed by atoms with E-state index in [4.69, 9.17) is 0 Å². The number of hydrogen-bond donors (Lipinski definition) is 1.